The average molecular weight is 621 g/mol. The number of amides is 2. The van der Waals surface area contributed by atoms with Crippen LogP contribution in [0.25, 0.3) is 0 Å². The Balaban J connectivity index is 1.34. The molecule has 4 rings (SSSR count). The van der Waals surface area contributed by atoms with Crippen molar-refractivity contribution < 1.29 is 38.4 Å². The normalized spacial score (nSPS) is 13.8. The van der Waals surface area contributed by atoms with Gasteiger partial charge in [-0.1, -0.05) is 24.3 Å². The van der Waals surface area contributed by atoms with Crippen LogP contribution in [0.3, 0.4) is 0 Å². The lowest BCUT2D eigenvalue weighted by molar-refractivity contribution is -0.125. The molecule has 1 unspecified atom stereocenters. The topological polar surface area (TPSA) is 148 Å². The van der Waals surface area contributed by atoms with E-state index < -0.39 is 12.0 Å². The Labute approximate surface area is 262 Å². The van der Waals surface area contributed by atoms with Crippen molar-refractivity contribution in [2.45, 2.75) is 19.4 Å². The third-order valence-electron chi connectivity index (χ3n) is 7.43. The van der Waals surface area contributed by atoms with Gasteiger partial charge in [0.05, 0.1) is 44.7 Å². The zero-order valence-corrected chi connectivity index (χ0v) is 25.8. The Morgan fingerprint density at radius 3 is 2.36 bits per heavy atom. The molecular formula is C33H40N4O8. The number of aryl methyl sites for hydroxylation is 1. The van der Waals surface area contributed by atoms with Crippen molar-refractivity contribution in [1.82, 2.24) is 10.2 Å². The van der Waals surface area contributed by atoms with Crippen molar-refractivity contribution in [3.8, 4) is 17.2 Å². The first-order valence-electron chi connectivity index (χ1n) is 14.7. The highest BCUT2D eigenvalue weighted by Gasteiger charge is 2.27. The molecule has 0 radical (unpaired) electrons. The summed E-state index contributed by atoms with van der Waals surface area (Å²) in [5.74, 6) is 0.207. The number of para-hydroxylation sites is 1. The van der Waals surface area contributed by atoms with Gasteiger partial charge in [0, 0.05) is 38.3 Å². The second-order valence-electron chi connectivity index (χ2n) is 10.5. The van der Waals surface area contributed by atoms with Crippen LogP contribution in [0.1, 0.15) is 21.5 Å². The second kappa shape index (κ2) is 16.4. The van der Waals surface area contributed by atoms with Crippen molar-refractivity contribution >= 4 is 29.2 Å². The van der Waals surface area contributed by atoms with E-state index >= 15 is 0 Å². The van der Waals surface area contributed by atoms with Crippen LogP contribution in [0.15, 0.2) is 60.7 Å². The molecule has 1 saturated heterocycles. The standard InChI is InChI=1S/C33H40N4O8/c1-22-6-4-5-7-25(22)35-33(41)36-26-10-8-23(19-30(26)42-2)18-28(38)27(37-13-16-44-17-14-37)21-34-12-15-45-29-11-9-24(32(39)40)20-31(29)43-3/h4-11,19-20,27,34H,12-18,21H2,1-3H3,(H,39,40)(H2,35,36,41). The molecule has 0 bridgehead atoms. The molecule has 0 aliphatic carbocycles. The van der Waals surface area contributed by atoms with Crippen LogP contribution >= 0.6 is 0 Å². The van der Waals surface area contributed by atoms with Crippen molar-refractivity contribution in [2.75, 3.05) is 70.9 Å². The summed E-state index contributed by atoms with van der Waals surface area (Å²) < 4.78 is 22.1. The summed E-state index contributed by atoms with van der Waals surface area (Å²) in [6.45, 7) is 5.46. The summed E-state index contributed by atoms with van der Waals surface area (Å²) in [5.41, 5.74) is 3.01. The smallest absolute Gasteiger partial charge is 0.335 e. The molecule has 4 N–H and O–H groups in total. The molecule has 0 saturated carbocycles. The first kappa shape index (κ1) is 33.2. The number of carbonyl (C=O) groups excluding carboxylic acids is 2. The second-order valence-corrected chi connectivity index (χ2v) is 10.5. The highest BCUT2D eigenvalue weighted by Crippen LogP contribution is 2.28. The van der Waals surface area contributed by atoms with Gasteiger partial charge in [-0.15, -0.1) is 0 Å². The van der Waals surface area contributed by atoms with Crippen LogP contribution < -0.4 is 30.2 Å². The molecule has 1 aliphatic heterocycles. The number of rotatable bonds is 15. The predicted octanol–water partition coefficient (Wildman–Crippen LogP) is 3.84. The molecule has 240 valence electrons. The number of benzene rings is 3. The summed E-state index contributed by atoms with van der Waals surface area (Å²) in [5, 5.41) is 18.2. The van der Waals surface area contributed by atoms with Crippen LogP contribution in [-0.4, -0.2) is 94.1 Å². The van der Waals surface area contributed by atoms with Gasteiger partial charge in [-0.05, 0) is 54.4 Å². The number of carboxylic acid groups (broad SMARTS) is 1. The monoisotopic (exact) mass is 620 g/mol. The number of ketones is 1. The van der Waals surface area contributed by atoms with Gasteiger partial charge in [-0.25, -0.2) is 9.59 Å². The number of aromatic carboxylic acids is 1. The molecule has 1 aliphatic rings. The van der Waals surface area contributed by atoms with E-state index in [1.807, 2.05) is 37.3 Å². The Kier molecular flexibility index (Phi) is 12.1. The first-order chi connectivity index (χ1) is 21.8. The maximum absolute atomic E-state index is 13.6. The minimum absolute atomic E-state index is 0.0382. The van der Waals surface area contributed by atoms with Crippen molar-refractivity contribution in [2.24, 2.45) is 0 Å². The van der Waals surface area contributed by atoms with Crippen LogP contribution in [0, 0.1) is 6.92 Å². The van der Waals surface area contributed by atoms with E-state index in [2.05, 4.69) is 20.9 Å². The van der Waals surface area contributed by atoms with Crippen LogP contribution in [-0.2, 0) is 16.0 Å². The maximum atomic E-state index is 13.6. The number of urea groups is 1. The average Bonchev–Trinajstić information content (AvgIpc) is 3.04. The molecule has 1 heterocycles. The van der Waals surface area contributed by atoms with Gasteiger partial charge in [0.1, 0.15) is 12.4 Å². The van der Waals surface area contributed by atoms with Crippen molar-refractivity contribution in [1.29, 1.82) is 0 Å². The lowest BCUT2D eigenvalue weighted by atomic mass is 10.0. The Hall–Kier alpha value is -4.65. The van der Waals surface area contributed by atoms with E-state index in [-0.39, 0.29) is 30.4 Å². The molecule has 3 aromatic rings. The molecular weight excluding hydrogens is 580 g/mol. The number of hydrogen-bond donors (Lipinski definition) is 4. The summed E-state index contributed by atoms with van der Waals surface area (Å²) in [4.78, 5) is 39.6. The van der Waals surface area contributed by atoms with Crippen LogP contribution in [0.2, 0.25) is 0 Å². The number of nitrogens with zero attached hydrogens (tertiary/aromatic N) is 1. The van der Waals surface area contributed by atoms with Crippen molar-refractivity contribution in [3.63, 3.8) is 0 Å². The summed E-state index contributed by atoms with van der Waals surface area (Å²) in [6.07, 6.45) is 0.180. The highest BCUT2D eigenvalue weighted by molar-refractivity contribution is 6.01. The lowest BCUT2D eigenvalue weighted by Crippen LogP contribution is -2.52. The highest BCUT2D eigenvalue weighted by atomic mass is 16.5. The SMILES string of the molecule is COc1cc(CC(=O)C(CNCCOc2ccc(C(=O)O)cc2OC)N2CCOCC2)ccc1NC(=O)Nc1ccccc1C. The Morgan fingerprint density at radius 2 is 1.64 bits per heavy atom. The summed E-state index contributed by atoms with van der Waals surface area (Å²) in [7, 11) is 2.97. The number of ether oxygens (including phenoxy) is 4. The first-order valence-corrected chi connectivity index (χ1v) is 14.7. The fourth-order valence-corrected chi connectivity index (χ4v) is 4.98. The van der Waals surface area contributed by atoms with Gasteiger partial charge >= 0.3 is 12.0 Å². The lowest BCUT2D eigenvalue weighted by Gasteiger charge is -2.33. The summed E-state index contributed by atoms with van der Waals surface area (Å²) >= 11 is 0. The Bertz CT molecular complexity index is 1470. The molecule has 2 amide bonds. The molecule has 1 fully saturated rings. The van der Waals surface area contributed by atoms with Crippen LogP contribution in [0.5, 0.6) is 17.2 Å². The number of methoxy groups -OCH3 is 2. The van der Waals surface area contributed by atoms with Gasteiger partial charge in [-0.3, -0.25) is 9.69 Å². The molecule has 12 heteroatoms. The minimum atomic E-state index is -1.05. The quantitative estimate of drug-likeness (QED) is 0.185. The zero-order valence-electron chi connectivity index (χ0n) is 25.8. The van der Waals surface area contributed by atoms with Gasteiger partial charge in [0.2, 0.25) is 0 Å². The van der Waals surface area contributed by atoms with E-state index in [0.717, 1.165) is 11.1 Å². The fourth-order valence-electron chi connectivity index (χ4n) is 4.98. The third kappa shape index (κ3) is 9.42. The van der Waals surface area contributed by atoms with Gasteiger partial charge in [0.15, 0.2) is 17.3 Å². The molecule has 12 nitrogen and oxygen atoms in total. The number of anilines is 2. The number of carbonyl (C=O) groups is 3. The van der Waals surface area contributed by atoms with Gasteiger partial charge in [0.25, 0.3) is 0 Å². The fraction of sp³-hybridized carbons (Fsp3) is 0.364. The van der Waals surface area contributed by atoms with Gasteiger partial charge < -0.3 is 40.0 Å². The predicted molar refractivity (Wildman–Crippen MR) is 170 cm³/mol. The summed E-state index contributed by atoms with van der Waals surface area (Å²) in [6, 6.07) is 16.4. The minimum Gasteiger partial charge on any atom is -0.495 e. The molecule has 0 aromatic heterocycles. The van der Waals surface area contributed by atoms with E-state index in [4.69, 9.17) is 18.9 Å². The number of hydrogen-bond acceptors (Lipinski definition) is 9. The van der Waals surface area contributed by atoms with E-state index in [9.17, 15) is 19.5 Å². The Morgan fingerprint density at radius 1 is 0.911 bits per heavy atom. The van der Waals surface area contributed by atoms with E-state index in [0.29, 0.717) is 68.0 Å². The maximum Gasteiger partial charge on any atom is 0.335 e. The molecule has 0 spiro atoms. The molecule has 3 aromatic carbocycles. The molecule has 1 atom stereocenters. The number of Topliss-reactive ketones (excluding diaryl/α,β-unsaturated/α-hetero) is 1. The largest absolute Gasteiger partial charge is 0.495 e. The number of carboxylic acids is 1. The van der Waals surface area contributed by atoms with Crippen LogP contribution in [0.4, 0.5) is 16.2 Å². The third-order valence-corrected chi connectivity index (χ3v) is 7.43. The van der Waals surface area contributed by atoms with Gasteiger partial charge in [-0.2, -0.15) is 0 Å². The number of morpholine rings is 1. The number of nitrogens with one attached hydrogen (secondary N) is 3. The van der Waals surface area contributed by atoms with Crippen molar-refractivity contribution in [3.05, 3.63) is 77.4 Å². The zero-order chi connectivity index (χ0) is 32.2. The van der Waals surface area contributed by atoms with E-state index in [1.54, 1.807) is 18.2 Å². The van der Waals surface area contributed by atoms with E-state index in [1.165, 1.54) is 26.4 Å². The molecule has 45 heavy (non-hydrogen) atoms.